The number of hydrogen-bond donors (Lipinski definition) is 5. The number of ketones is 2. The molecule has 2 bridgehead atoms. The maximum absolute atomic E-state index is 14.7. The monoisotopic (exact) mass is 1790 g/mol. The highest BCUT2D eigenvalue weighted by atomic mass is 16.6. The number of nitrogen functional groups attached to an aromatic ring is 1. The highest BCUT2D eigenvalue weighted by Crippen LogP contribution is 2.40. The Morgan fingerprint density at radius 2 is 1.39 bits per heavy atom. The van der Waals surface area contributed by atoms with E-state index in [0.29, 0.717) is 231 Å². The van der Waals surface area contributed by atoms with Crippen LogP contribution < -0.4 is 5.73 Å². The Kier molecular flexibility index (Phi) is 43.7. The number of methoxy groups -OCH3 is 3. The lowest BCUT2D eigenvalue weighted by molar-refractivity contribution is -0.265. The number of Topliss-reactive ketones (excluding diaryl/α,β-unsaturated/α-hetero) is 2. The SMILES string of the molecule is CCOCCOCCOCCC(=O)N1CCc2cc(Cn3nc(-c4cnc5[nH]ccc5c4)c4c(N)ncnc43)ccc2C1.CCOCCOCCOCCOCCOCCCC(=O)O[C@@H]1CC[C@@H](C[C@@H](C)[C@@H]2C[C@@H](O)[C@H](C)/C=C(\C)[C@@H](O)[C@@H](OC)C(=O)[C@H](C)C[C@H](C)/C=C/C=C/C=C(\C)[C@@H](OC)C[C@@H]3CC[C@@H](C)[C@@](O)(O3)C(=O)C(=O)N3CCCC[C@H]3C(=O)O2)C[C@H]1OC. The van der Waals surface area contributed by atoms with Gasteiger partial charge in [0.2, 0.25) is 11.7 Å². The highest BCUT2D eigenvalue weighted by molar-refractivity contribution is 6.39. The van der Waals surface area contributed by atoms with Crippen LogP contribution in [-0.2, 0) is 115 Å². The number of hydrogen-bond acceptors (Lipinski definition) is 28. The lowest BCUT2D eigenvalue weighted by atomic mass is 9.78. The van der Waals surface area contributed by atoms with Crippen molar-refractivity contribution >= 4 is 63.2 Å². The number of carbonyl (C=O) groups excluding carboxylic acids is 6. The van der Waals surface area contributed by atoms with E-state index < -0.39 is 96.1 Å². The quantitative estimate of drug-likeness (QED) is 0.0107. The number of rotatable bonds is 37. The molecule has 3 fully saturated rings. The summed E-state index contributed by atoms with van der Waals surface area (Å²) in [6.07, 6.45) is 17.1. The van der Waals surface area contributed by atoms with Crippen LogP contribution in [0.2, 0.25) is 0 Å². The van der Waals surface area contributed by atoms with Crippen molar-refractivity contribution in [2.24, 2.45) is 35.5 Å². The molecule has 16 atom stereocenters. The molecule has 32 nitrogen and oxygen atoms in total. The number of nitrogens with zero attached hydrogens (tertiary/aromatic N) is 7. The second-order valence-corrected chi connectivity index (χ2v) is 34.4. The first-order valence-electron chi connectivity index (χ1n) is 46.0. The molecule has 1 saturated carbocycles. The second kappa shape index (κ2) is 54.0. The number of benzene rings is 1. The van der Waals surface area contributed by atoms with Crippen molar-refractivity contribution < 1.29 is 110 Å². The maximum Gasteiger partial charge on any atom is 0.329 e. The van der Waals surface area contributed by atoms with Crippen LogP contribution in [0, 0.1) is 35.5 Å². The van der Waals surface area contributed by atoms with E-state index in [4.69, 9.17) is 77.1 Å². The van der Waals surface area contributed by atoms with Gasteiger partial charge in [-0.2, -0.15) is 5.10 Å². The number of nitrogens with two attached hydrogens (primary N) is 1. The fourth-order valence-corrected chi connectivity index (χ4v) is 17.4. The number of piperidine rings is 1. The van der Waals surface area contributed by atoms with E-state index in [2.05, 4.69) is 38.1 Å². The standard InChI is InChI=1S/C65H107NO19.C31H36N8O4/c1-12-78-29-30-80-33-34-82-36-35-81-32-31-79-28-18-22-58(68)83-54-26-24-50(40-57(54)76-10)39-46(5)56-42-53(67)45(4)38-48(7)60(70)61(77-11)59(69)47(6)37-43(2)19-14-13-15-20-44(3)55(75-9)41-51-25-23-49(8)65(74,85-51)62(71)63(72)66-27-17-16-21-52(66)64(73)84-56;1-2-41-11-12-43-14-13-42-10-7-26(40)38-9-6-22-15-21(3-4-24(22)19-38)18-39-31-27(29(32)35-20-36-31)28(37-39)25-16-23-5-8-33-30(23)34-17-25/h13-15,19-20,38,43,45-47,49-57,60-61,67,70,74H,12,16-18,21-37,39-42H2,1-11H3;3-5,8,15-17,20H,2,6-7,9-14,18-19H2,1H3,(H,33,34)(H2,32,35,36)/b15-13+,19-14+,44-20+,48-38+;/t43-,45-,46-,47-,49-,50+,51+,52+,53-,54-,55+,56+,57-,60-,61+,65-;/m1./s1. The Labute approximate surface area is 754 Å². The van der Waals surface area contributed by atoms with Gasteiger partial charge in [0.15, 0.2) is 11.4 Å². The molecule has 0 spiro atoms. The number of cyclic esters (lactones) is 1. The molecule has 5 aromatic rings. The molecule has 10 rings (SSSR count). The summed E-state index contributed by atoms with van der Waals surface area (Å²) in [5, 5.41) is 42.3. The number of ether oxygens (including phenoxy) is 14. The highest BCUT2D eigenvalue weighted by Gasteiger charge is 2.53. The number of aromatic nitrogens is 6. The lowest BCUT2D eigenvalue weighted by Crippen LogP contribution is -2.61. The zero-order valence-electron chi connectivity index (χ0n) is 77.4. The van der Waals surface area contributed by atoms with Gasteiger partial charge in [-0.25, -0.2) is 24.4 Å². The van der Waals surface area contributed by atoms with Crippen LogP contribution in [0.15, 0.2) is 96.7 Å². The molecular formula is C96H143N9O23. The Morgan fingerprint density at radius 1 is 0.703 bits per heavy atom. The predicted molar refractivity (Wildman–Crippen MR) is 481 cm³/mol. The van der Waals surface area contributed by atoms with Crippen molar-refractivity contribution in [3.8, 4) is 11.3 Å². The molecule has 1 aromatic carbocycles. The van der Waals surface area contributed by atoms with Crippen molar-refractivity contribution in [3.63, 3.8) is 0 Å². The fraction of sp³-hybridized carbons (Fsp3) is 0.667. The number of carbonyl (C=O) groups is 6. The van der Waals surface area contributed by atoms with Crippen molar-refractivity contribution in [2.75, 3.05) is 146 Å². The van der Waals surface area contributed by atoms with Gasteiger partial charge in [-0.15, -0.1) is 0 Å². The summed E-state index contributed by atoms with van der Waals surface area (Å²) < 4.78 is 81.5. The van der Waals surface area contributed by atoms with Crippen LogP contribution in [0.5, 0.6) is 0 Å². The topological polar surface area (TPSA) is 397 Å². The third-order valence-electron chi connectivity index (χ3n) is 24.9. The van der Waals surface area contributed by atoms with Crippen molar-refractivity contribution in [3.05, 3.63) is 113 Å². The molecular weight excluding hydrogens is 1650 g/mol. The number of allylic oxidation sites excluding steroid dienone is 5. The van der Waals surface area contributed by atoms with E-state index in [9.17, 15) is 44.1 Å². The third-order valence-corrected chi connectivity index (χ3v) is 24.9. The molecule has 1 aliphatic carbocycles. The number of esters is 2. The summed E-state index contributed by atoms with van der Waals surface area (Å²) in [7, 11) is 4.56. The van der Waals surface area contributed by atoms with Crippen molar-refractivity contribution in [1.82, 2.24) is 39.5 Å². The molecule has 0 unspecified atom stereocenters. The van der Waals surface area contributed by atoms with Gasteiger partial charge < -0.3 is 102 Å². The number of anilines is 1. The van der Waals surface area contributed by atoms with Crippen molar-refractivity contribution in [1.29, 1.82) is 0 Å². The summed E-state index contributed by atoms with van der Waals surface area (Å²) >= 11 is 0. The van der Waals surface area contributed by atoms with Crippen LogP contribution in [0.1, 0.15) is 175 Å². The van der Waals surface area contributed by atoms with Crippen LogP contribution in [0.3, 0.4) is 0 Å². The zero-order chi connectivity index (χ0) is 92.1. The maximum atomic E-state index is 14.7. The molecule has 4 aliphatic heterocycles. The first kappa shape index (κ1) is 104. The fourth-order valence-electron chi connectivity index (χ4n) is 17.4. The Bertz CT molecular complexity index is 4400. The first-order valence-corrected chi connectivity index (χ1v) is 46.0. The zero-order valence-corrected chi connectivity index (χ0v) is 77.4. The second-order valence-electron chi connectivity index (χ2n) is 34.4. The lowest BCUT2D eigenvalue weighted by Gasteiger charge is -2.43. The molecule has 128 heavy (non-hydrogen) atoms. The third kappa shape index (κ3) is 31.0. The average Bonchev–Trinajstić information content (AvgIpc) is 1.57. The molecule has 710 valence electrons. The normalized spacial score (nSPS) is 27.3. The van der Waals surface area contributed by atoms with Gasteiger partial charge in [-0.05, 0) is 162 Å². The molecule has 4 aromatic heterocycles. The van der Waals surface area contributed by atoms with Crippen LogP contribution in [0.25, 0.3) is 33.3 Å². The molecule has 5 aliphatic rings. The molecule has 6 N–H and O–H groups in total. The number of aromatic amines is 1. The van der Waals surface area contributed by atoms with Gasteiger partial charge in [0.25, 0.3) is 11.7 Å². The minimum absolute atomic E-state index is 0.00819. The van der Waals surface area contributed by atoms with Gasteiger partial charge in [0.1, 0.15) is 53.9 Å². The Morgan fingerprint density at radius 3 is 2.07 bits per heavy atom. The van der Waals surface area contributed by atoms with Gasteiger partial charge >= 0.3 is 11.9 Å². The molecule has 8 heterocycles. The van der Waals surface area contributed by atoms with E-state index in [0.717, 1.165) is 39.7 Å². The summed E-state index contributed by atoms with van der Waals surface area (Å²) in [4.78, 5) is 103. The summed E-state index contributed by atoms with van der Waals surface area (Å²) in [5.74, 6) is -7.54. The van der Waals surface area contributed by atoms with Gasteiger partial charge in [-0.3, -0.25) is 24.0 Å². The molecule has 0 radical (unpaired) electrons. The number of aliphatic hydroxyl groups is 3. The van der Waals surface area contributed by atoms with Crippen molar-refractivity contribution in [2.45, 2.75) is 239 Å². The summed E-state index contributed by atoms with van der Waals surface area (Å²) in [6.45, 7) is 26.6. The molecule has 32 heteroatoms. The van der Waals surface area contributed by atoms with Crippen LogP contribution in [0.4, 0.5) is 5.82 Å². The molecule has 2 amide bonds. The number of aliphatic hydroxyl groups excluding tert-OH is 2. The minimum atomic E-state index is -2.45. The Hall–Kier alpha value is -8.16. The van der Waals surface area contributed by atoms with E-state index >= 15 is 0 Å². The number of nitrogens with one attached hydrogen (secondary N) is 1. The average molecular weight is 1790 g/mol. The van der Waals surface area contributed by atoms with Gasteiger partial charge in [-0.1, -0.05) is 89.3 Å². The number of fused-ring (bicyclic) bond motifs is 6. The van der Waals surface area contributed by atoms with Gasteiger partial charge in [0, 0.05) is 121 Å². The number of pyridine rings is 1. The smallest absolute Gasteiger partial charge is 0.329 e. The van der Waals surface area contributed by atoms with Crippen LogP contribution in [-0.4, -0.2) is 291 Å². The van der Waals surface area contributed by atoms with E-state index in [-0.39, 0.29) is 61.2 Å². The predicted octanol–water partition coefficient (Wildman–Crippen LogP) is 10.8. The molecule has 2 saturated heterocycles. The largest absolute Gasteiger partial charge is 0.460 e. The van der Waals surface area contributed by atoms with E-state index in [1.165, 1.54) is 23.9 Å². The summed E-state index contributed by atoms with van der Waals surface area (Å²) in [5.41, 5.74) is 14.2. The minimum Gasteiger partial charge on any atom is -0.460 e. The van der Waals surface area contributed by atoms with Crippen LogP contribution >= 0.6 is 0 Å². The Balaban J connectivity index is 0.000000355. The number of amides is 2. The first-order chi connectivity index (χ1) is 61.8. The summed E-state index contributed by atoms with van der Waals surface area (Å²) in [6, 6.07) is 9.26. The number of H-pyrrole nitrogens is 1. The van der Waals surface area contributed by atoms with E-state index in [1.54, 1.807) is 47.3 Å². The van der Waals surface area contributed by atoms with Gasteiger partial charge in [0.05, 0.1) is 129 Å². The van der Waals surface area contributed by atoms with E-state index in [1.807, 2.05) is 99.8 Å².